The van der Waals surface area contributed by atoms with Gasteiger partial charge in [-0.15, -0.1) is 0 Å². The van der Waals surface area contributed by atoms with E-state index in [1.54, 1.807) is 0 Å². The van der Waals surface area contributed by atoms with Crippen LogP contribution in [0.4, 0.5) is 0 Å². The van der Waals surface area contributed by atoms with Gasteiger partial charge < -0.3 is 10.1 Å². The molecule has 1 aliphatic heterocycles. The van der Waals surface area contributed by atoms with E-state index in [4.69, 9.17) is 4.74 Å². The Balaban J connectivity index is 1.68. The van der Waals surface area contributed by atoms with Crippen molar-refractivity contribution in [1.29, 1.82) is 0 Å². The first-order chi connectivity index (χ1) is 8.43. The van der Waals surface area contributed by atoms with Crippen LogP contribution in [0.5, 0.6) is 5.88 Å². The van der Waals surface area contributed by atoms with Crippen LogP contribution in [0.3, 0.4) is 0 Å². The number of aromatic nitrogens is 1. The number of piperidine rings is 1. The van der Waals surface area contributed by atoms with E-state index in [1.807, 2.05) is 12.1 Å². The number of benzene rings is 1. The summed E-state index contributed by atoms with van der Waals surface area (Å²) in [5, 5.41) is 4.54. The maximum absolute atomic E-state index is 5.86. The molecule has 2 aromatic rings. The lowest BCUT2D eigenvalue weighted by Gasteiger charge is -2.22. The van der Waals surface area contributed by atoms with Crippen LogP contribution < -0.4 is 10.1 Å². The van der Waals surface area contributed by atoms with Crippen molar-refractivity contribution in [3.05, 3.63) is 24.3 Å². The van der Waals surface area contributed by atoms with Crippen LogP contribution in [0.2, 0.25) is 0 Å². The molecule has 0 bridgehead atoms. The number of nitrogens with one attached hydrogen (secondary N) is 1. The molecule has 0 amide bonds. The summed E-state index contributed by atoms with van der Waals surface area (Å²) in [7, 11) is 0. The van der Waals surface area contributed by atoms with Crippen molar-refractivity contribution in [2.24, 2.45) is 5.92 Å². The Labute approximate surface area is 105 Å². The fourth-order valence-corrected chi connectivity index (χ4v) is 2.96. The molecule has 4 heteroatoms. The normalized spacial score (nSPS) is 20.6. The standard InChI is InChI=1S/C13H16N2OS/c1-2-6-12-11(5-1)13(15-17-12)16-9-10-4-3-7-14-8-10/h1-2,5-6,10,14H,3-4,7-9H2/t10-/m1/s1. The van der Waals surface area contributed by atoms with E-state index in [0.29, 0.717) is 5.92 Å². The topological polar surface area (TPSA) is 34.1 Å². The van der Waals surface area contributed by atoms with E-state index in [2.05, 4.69) is 21.8 Å². The minimum Gasteiger partial charge on any atom is -0.476 e. The van der Waals surface area contributed by atoms with Gasteiger partial charge in [0.25, 0.3) is 0 Å². The Kier molecular flexibility index (Phi) is 3.25. The number of fused-ring (bicyclic) bond motifs is 1. The molecule has 90 valence electrons. The SMILES string of the molecule is c1ccc2c(OC[C@@H]3CCCNC3)nsc2c1. The minimum atomic E-state index is 0.629. The van der Waals surface area contributed by atoms with E-state index in [0.717, 1.165) is 31.0 Å². The number of ether oxygens (including phenoxy) is 1. The monoisotopic (exact) mass is 248 g/mol. The van der Waals surface area contributed by atoms with E-state index >= 15 is 0 Å². The third-order valence-corrected chi connectivity index (χ3v) is 4.01. The highest BCUT2D eigenvalue weighted by Gasteiger charge is 2.15. The van der Waals surface area contributed by atoms with Crippen LogP contribution in [0.25, 0.3) is 10.1 Å². The number of nitrogens with zero attached hydrogens (tertiary/aromatic N) is 1. The predicted molar refractivity (Wildman–Crippen MR) is 70.7 cm³/mol. The van der Waals surface area contributed by atoms with Gasteiger partial charge in [0.15, 0.2) is 0 Å². The van der Waals surface area contributed by atoms with Gasteiger partial charge in [-0.05, 0) is 43.1 Å². The molecule has 0 unspecified atom stereocenters. The zero-order chi connectivity index (χ0) is 11.5. The van der Waals surface area contributed by atoms with Gasteiger partial charge >= 0.3 is 0 Å². The van der Waals surface area contributed by atoms with E-state index < -0.39 is 0 Å². The van der Waals surface area contributed by atoms with Crippen molar-refractivity contribution < 1.29 is 4.74 Å². The molecule has 1 aliphatic rings. The molecular weight excluding hydrogens is 232 g/mol. The van der Waals surface area contributed by atoms with Crippen molar-refractivity contribution in [3.8, 4) is 5.88 Å². The molecule has 1 fully saturated rings. The van der Waals surface area contributed by atoms with Crippen LogP contribution >= 0.6 is 11.5 Å². The average Bonchev–Trinajstić information content (AvgIpc) is 2.81. The maximum atomic E-state index is 5.86. The van der Waals surface area contributed by atoms with Gasteiger partial charge in [-0.1, -0.05) is 12.1 Å². The van der Waals surface area contributed by atoms with Gasteiger partial charge in [0, 0.05) is 12.5 Å². The predicted octanol–water partition coefficient (Wildman–Crippen LogP) is 2.67. The zero-order valence-electron chi connectivity index (χ0n) is 9.69. The van der Waals surface area contributed by atoms with Gasteiger partial charge in [-0.25, -0.2) is 0 Å². The van der Waals surface area contributed by atoms with Crippen molar-refractivity contribution in [2.75, 3.05) is 19.7 Å². The second-order valence-corrected chi connectivity index (χ2v) is 5.31. The molecule has 17 heavy (non-hydrogen) atoms. The van der Waals surface area contributed by atoms with E-state index in [1.165, 1.54) is 29.1 Å². The highest BCUT2D eigenvalue weighted by Crippen LogP contribution is 2.28. The first kappa shape index (κ1) is 11.0. The minimum absolute atomic E-state index is 0.629. The van der Waals surface area contributed by atoms with E-state index in [9.17, 15) is 0 Å². The van der Waals surface area contributed by atoms with Gasteiger partial charge in [0.2, 0.25) is 5.88 Å². The third kappa shape index (κ3) is 2.42. The lowest BCUT2D eigenvalue weighted by molar-refractivity contribution is 0.215. The number of hydrogen-bond donors (Lipinski definition) is 1. The Morgan fingerprint density at radius 2 is 2.35 bits per heavy atom. The summed E-state index contributed by atoms with van der Waals surface area (Å²) in [6.45, 7) is 3.00. The van der Waals surface area contributed by atoms with Crippen molar-refractivity contribution >= 4 is 21.6 Å². The molecule has 0 aliphatic carbocycles. The molecule has 0 spiro atoms. The molecule has 1 aromatic heterocycles. The maximum Gasteiger partial charge on any atom is 0.233 e. The summed E-state index contributed by atoms with van der Waals surface area (Å²) in [4.78, 5) is 0. The van der Waals surface area contributed by atoms with Gasteiger partial charge in [-0.3, -0.25) is 0 Å². The summed E-state index contributed by atoms with van der Waals surface area (Å²) in [5.74, 6) is 1.43. The van der Waals surface area contributed by atoms with Gasteiger partial charge in [0.1, 0.15) is 0 Å². The van der Waals surface area contributed by atoms with Crippen molar-refractivity contribution in [1.82, 2.24) is 9.69 Å². The summed E-state index contributed by atoms with van der Waals surface area (Å²) in [6, 6.07) is 8.23. The lowest BCUT2D eigenvalue weighted by atomic mass is 10.0. The summed E-state index contributed by atoms with van der Waals surface area (Å²) in [6.07, 6.45) is 2.51. The van der Waals surface area contributed by atoms with Crippen molar-refractivity contribution in [2.45, 2.75) is 12.8 Å². The highest BCUT2D eigenvalue weighted by atomic mass is 32.1. The molecule has 0 radical (unpaired) electrons. The molecular formula is C13H16N2OS. The number of rotatable bonds is 3. The molecule has 1 aromatic carbocycles. The zero-order valence-corrected chi connectivity index (χ0v) is 10.5. The molecule has 1 atom stereocenters. The Morgan fingerprint density at radius 3 is 3.24 bits per heavy atom. The van der Waals surface area contributed by atoms with Crippen LogP contribution in [0.1, 0.15) is 12.8 Å². The highest BCUT2D eigenvalue weighted by molar-refractivity contribution is 7.13. The molecule has 1 N–H and O–H groups in total. The Bertz CT molecular complexity index is 491. The fraction of sp³-hybridized carbons (Fsp3) is 0.462. The summed E-state index contributed by atoms with van der Waals surface area (Å²) < 4.78 is 11.4. The lowest BCUT2D eigenvalue weighted by Crippen LogP contribution is -2.33. The molecule has 2 heterocycles. The van der Waals surface area contributed by atoms with Gasteiger partial charge in [-0.2, -0.15) is 4.37 Å². The Morgan fingerprint density at radius 1 is 1.41 bits per heavy atom. The van der Waals surface area contributed by atoms with Crippen molar-refractivity contribution in [3.63, 3.8) is 0 Å². The summed E-state index contributed by atoms with van der Waals surface area (Å²) >= 11 is 1.51. The molecule has 3 rings (SSSR count). The van der Waals surface area contributed by atoms with Crippen LogP contribution in [0.15, 0.2) is 24.3 Å². The second-order valence-electron chi connectivity index (χ2n) is 4.51. The fourth-order valence-electron chi connectivity index (χ4n) is 2.23. The smallest absolute Gasteiger partial charge is 0.233 e. The van der Waals surface area contributed by atoms with Crippen LogP contribution in [-0.4, -0.2) is 24.1 Å². The first-order valence-electron chi connectivity index (χ1n) is 6.11. The summed E-state index contributed by atoms with van der Waals surface area (Å²) in [5.41, 5.74) is 0. The van der Waals surface area contributed by atoms with Crippen LogP contribution in [0, 0.1) is 5.92 Å². The van der Waals surface area contributed by atoms with Crippen LogP contribution in [-0.2, 0) is 0 Å². The second kappa shape index (κ2) is 5.02. The quantitative estimate of drug-likeness (QED) is 0.906. The molecule has 0 saturated carbocycles. The molecule has 3 nitrogen and oxygen atoms in total. The largest absolute Gasteiger partial charge is 0.476 e. The molecule has 1 saturated heterocycles. The third-order valence-electron chi connectivity index (χ3n) is 3.20. The Hall–Kier alpha value is -1.13. The average molecular weight is 248 g/mol. The van der Waals surface area contributed by atoms with Gasteiger partial charge in [0.05, 0.1) is 16.7 Å². The first-order valence-corrected chi connectivity index (χ1v) is 6.89. The number of hydrogen-bond acceptors (Lipinski definition) is 4. The van der Waals surface area contributed by atoms with E-state index in [-0.39, 0.29) is 0 Å².